The van der Waals surface area contributed by atoms with E-state index in [1.54, 1.807) is 11.8 Å². The van der Waals surface area contributed by atoms with Gasteiger partial charge in [0.2, 0.25) is 5.78 Å². The molecule has 0 N–H and O–H groups in total. The Morgan fingerprint density at radius 3 is 2.33 bits per heavy atom. The smallest absolute Gasteiger partial charge is 0.208 e. The molecule has 0 aliphatic carbocycles. The van der Waals surface area contributed by atoms with Gasteiger partial charge in [-0.05, 0) is 36.4 Å². The molecular formula is C13H14OS. The summed E-state index contributed by atoms with van der Waals surface area (Å²) in [5, 5.41) is 0. The number of rotatable bonds is 2. The van der Waals surface area contributed by atoms with E-state index in [1.165, 1.54) is 4.90 Å². The van der Waals surface area contributed by atoms with Crippen LogP contribution in [0, 0.1) is 17.8 Å². The van der Waals surface area contributed by atoms with Gasteiger partial charge in [0.25, 0.3) is 0 Å². The summed E-state index contributed by atoms with van der Waals surface area (Å²) in [7, 11) is 0. The summed E-state index contributed by atoms with van der Waals surface area (Å²) in [5.41, 5.74) is 0.891. The van der Waals surface area contributed by atoms with E-state index in [0.717, 1.165) is 5.56 Å². The van der Waals surface area contributed by atoms with Crippen LogP contribution in [0.3, 0.4) is 0 Å². The van der Waals surface area contributed by atoms with Gasteiger partial charge < -0.3 is 0 Å². The van der Waals surface area contributed by atoms with Crippen LogP contribution in [0.4, 0.5) is 0 Å². The summed E-state index contributed by atoms with van der Waals surface area (Å²) < 4.78 is 0. The molecule has 0 aromatic heterocycles. The van der Waals surface area contributed by atoms with Gasteiger partial charge >= 0.3 is 0 Å². The van der Waals surface area contributed by atoms with E-state index in [1.807, 2.05) is 44.4 Å². The predicted molar refractivity (Wildman–Crippen MR) is 64.9 cm³/mol. The highest BCUT2D eigenvalue weighted by Gasteiger charge is 2.01. The number of carbonyl (C=O) groups excluding carboxylic acids is 1. The second-order valence-electron chi connectivity index (χ2n) is 3.50. The average molecular weight is 218 g/mol. The average Bonchev–Trinajstić information content (AvgIpc) is 2.26. The highest BCUT2D eigenvalue weighted by atomic mass is 32.2. The largest absolute Gasteiger partial charge is 0.285 e. The zero-order valence-electron chi connectivity index (χ0n) is 9.20. The van der Waals surface area contributed by atoms with Crippen molar-refractivity contribution in [2.75, 3.05) is 6.26 Å². The predicted octanol–water partition coefficient (Wildman–Crippen LogP) is 2.99. The topological polar surface area (TPSA) is 17.1 Å². The van der Waals surface area contributed by atoms with E-state index in [4.69, 9.17) is 0 Å². The maximum atomic E-state index is 11.3. The van der Waals surface area contributed by atoms with Crippen molar-refractivity contribution in [2.24, 2.45) is 5.92 Å². The highest BCUT2D eigenvalue weighted by Crippen LogP contribution is 2.14. The molecule has 0 unspecified atom stereocenters. The van der Waals surface area contributed by atoms with Crippen molar-refractivity contribution in [2.45, 2.75) is 18.7 Å². The van der Waals surface area contributed by atoms with Gasteiger partial charge in [0, 0.05) is 16.4 Å². The van der Waals surface area contributed by atoms with Gasteiger partial charge in [-0.15, -0.1) is 11.8 Å². The van der Waals surface area contributed by atoms with Gasteiger partial charge in [-0.3, -0.25) is 4.79 Å². The van der Waals surface area contributed by atoms with Crippen molar-refractivity contribution in [1.29, 1.82) is 0 Å². The molecule has 0 radical (unpaired) electrons. The van der Waals surface area contributed by atoms with E-state index in [-0.39, 0.29) is 11.7 Å². The second-order valence-corrected chi connectivity index (χ2v) is 4.38. The summed E-state index contributed by atoms with van der Waals surface area (Å²) in [6.45, 7) is 3.71. The zero-order chi connectivity index (χ0) is 11.3. The van der Waals surface area contributed by atoms with Crippen molar-refractivity contribution >= 4 is 17.5 Å². The Balaban J connectivity index is 2.76. The Kier molecular flexibility index (Phi) is 4.45. The molecule has 0 saturated carbocycles. The summed E-state index contributed by atoms with van der Waals surface area (Å²) in [5.74, 6) is 5.49. The molecule has 0 atom stereocenters. The van der Waals surface area contributed by atoms with Crippen LogP contribution in [0.15, 0.2) is 29.2 Å². The minimum absolute atomic E-state index is 0.0102. The molecule has 78 valence electrons. The molecule has 1 aromatic rings. The van der Waals surface area contributed by atoms with Crippen LogP contribution in [0.25, 0.3) is 0 Å². The fourth-order valence-corrected chi connectivity index (χ4v) is 1.36. The van der Waals surface area contributed by atoms with Crippen LogP contribution in [0.1, 0.15) is 19.4 Å². The lowest BCUT2D eigenvalue weighted by atomic mass is 10.1. The van der Waals surface area contributed by atoms with E-state index >= 15 is 0 Å². The van der Waals surface area contributed by atoms with Gasteiger partial charge in [-0.25, -0.2) is 0 Å². The van der Waals surface area contributed by atoms with E-state index in [2.05, 4.69) is 11.8 Å². The van der Waals surface area contributed by atoms with Gasteiger partial charge in [-0.1, -0.05) is 19.8 Å². The third kappa shape index (κ3) is 3.81. The Hall–Kier alpha value is -1.20. The normalized spacial score (nSPS) is 9.60. The van der Waals surface area contributed by atoms with Crippen LogP contribution in [-0.2, 0) is 4.79 Å². The van der Waals surface area contributed by atoms with Gasteiger partial charge in [-0.2, -0.15) is 0 Å². The molecular weight excluding hydrogens is 204 g/mol. The van der Waals surface area contributed by atoms with Crippen LogP contribution in [-0.4, -0.2) is 12.0 Å². The van der Waals surface area contributed by atoms with Crippen LogP contribution in [0.5, 0.6) is 0 Å². The monoisotopic (exact) mass is 218 g/mol. The van der Waals surface area contributed by atoms with Crippen LogP contribution < -0.4 is 0 Å². The van der Waals surface area contributed by atoms with E-state index < -0.39 is 0 Å². The first-order chi connectivity index (χ1) is 7.13. The molecule has 0 aliphatic rings. The molecule has 0 aliphatic heterocycles. The molecule has 1 nitrogen and oxygen atoms in total. The molecule has 1 rings (SSSR count). The first-order valence-electron chi connectivity index (χ1n) is 4.83. The first-order valence-corrected chi connectivity index (χ1v) is 6.06. The molecule has 0 fully saturated rings. The number of hydrogen-bond donors (Lipinski definition) is 0. The van der Waals surface area contributed by atoms with Crippen molar-refractivity contribution in [3.05, 3.63) is 29.8 Å². The van der Waals surface area contributed by atoms with Crippen molar-refractivity contribution < 1.29 is 4.79 Å². The fourth-order valence-electron chi connectivity index (χ4n) is 0.952. The second kappa shape index (κ2) is 5.63. The molecule has 0 bridgehead atoms. The molecule has 2 heteroatoms. The summed E-state index contributed by atoms with van der Waals surface area (Å²) in [4.78, 5) is 12.5. The summed E-state index contributed by atoms with van der Waals surface area (Å²) in [6, 6.07) is 7.89. The van der Waals surface area contributed by atoms with Crippen LogP contribution >= 0.6 is 11.8 Å². The fraction of sp³-hybridized carbons (Fsp3) is 0.308. The minimum Gasteiger partial charge on any atom is -0.285 e. The van der Waals surface area contributed by atoms with E-state index in [9.17, 15) is 4.79 Å². The number of hydrogen-bond acceptors (Lipinski definition) is 2. The SMILES string of the molecule is CSc1ccc(C#CC(=O)C(C)C)cc1. The minimum atomic E-state index is -0.0111. The Labute approximate surface area is 95.3 Å². The quantitative estimate of drug-likeness (QED) is 0.560. The number of benzene rings is 1. The summed E-state index contributed by atoms with van der Waals surface area (Å²) in [6.07, 6.45) is 2.03. The molecule has 0 spiro atoms. The molecule has 1 aromatic carbocycles. The Morgan fingerprint density at radius 1 is 1.27 bits per heavy atom. The number of carbonyl (C=O) groups is 1. The first kappa shape index (κ1) is 11.9. The molecule has 0 heterocycles. The lowest BCUT2D eigenvalue weighted by Gasteiger charge is -1.95. The molecule has 15 heavy (non-hydrogen) atoms. The summed E-state index contributed by atoms with van der Waals surface area (Å²) >= 11 is 1.69. The van der Waals surface area contributed by atoms with Crippen molar-refractivity contribution in [3.63, 3.8) is 0 Å². The zero-order valence-corrected chi connectivity index (χ0v) is 10.0. The number of Topliss-reactive ketones (excluding diaryl/α,β-unsaturated/α-hetero) is 1. The maximum absolute atomic E-state index is 11.3. The van der Waals surface area contributed by atoms with Crippen molar-refractivity contribution in [1.82, 2.24) is 0 Å². The maximum Gasteiger partial charge on any atom is 0.208 e. The van der Waals surface area contributed by atoms with Crippen LogP contribution in [0.2, 0.25) is 0 Å². The lowest BCUT2D eigenvalue weighted by molar-refractivity contribution is -0.116. The lowest BCUT2D eigenvalue weighted by Crippen LogP contribution is -2.02. The number of ketones is 1. The molecule has 0 saturated heterocycles. The van der Waals surface area contributed by atoms with Crippen molar-refractivity contribution in [3.8, 4) is 11.8 Å². The van der Waals surface area contributed by atoms with Gasteiger partial charge in [0.1, 0.15) is 0 Å². The Morgan fingerprint density at radius 2 is 1.87 bits per heavy atom. The van der Waals surface area contributed by atoms with E-state index in [0.29, 0.717) is 0 Å². The molecule has 0 amide bonds. The number of thioether (sulfide) groups is 1. The Bertz CT molecular complexity index is 393. The highest BCUT2D eigenvalue weighted by molar-refractivity contribution is 7.98. The third-order valence-electron chi connectivity index (χ3n) is 1.94. The third-order valence-corrected chi connectivity index (χ3v) is 2.69. The standard InChI is InChI=1S/C13H14OS/c1-10(2)13(14)9-6-11-4-7-12(15-3)8-5-11/h4-5,7-8,10H,1-3H3. The van der Waals surface area contributed by atoms with Gasteiger partial charge in [0.05, 0.1) is 0 Å². The van der Waals surface area contributed by atoms with Gasteiger partial charge in [0.15, 0.2) is 0 Å².